The standard InChI is InChI=1S/C31H46ClNO7/c1-15-11-20-24(28(34)31(15)29(35)25-22(37-2)14-23(38-3)26(32)27(25)40-31)19(13-21(33-20)30(36)39-4)18-10-9-16-7-5-6-8-17(16)12-18/h15-27,33H,5-14H2,1-4H3/t15-,16?,17?,18?,19?,20?,21?,22?,23?,24?,25?,26?,27?,31+/m1/s1. The molecule has 6 fully saturated rings. The minimum Gasteiger partial charge on any atom is -0.468 e. The molecule has 0 amide bonds. The Labute approximate surface area is 242 Å². The number of alkyl halides is 1. The molecule has 0 bridgehead atoms. The van der Waals surface area contributed by atoms with Gasteiger partial charge in [-0.1, -0.05) is 32.6 Å². The van der Waals surface area contributed by atoms with E-state index in [1.54, 1.807) is 14.2 Å². The first-order valence-electron chi connectivity index (χ1n) is 15.5. The molecule has 0 aromatic carbocycles. The highest BCUT2D eigenvalue weighted by molar-refractivity contribution is 6.23. The number of halogens is 1. The number of piperidine rings is 1. The summed E-state index contributed by atoms with van der Waals surface area (Å²) in [5.74, 6) is -0.0759. The number of Topliss-reactive ketones (excluding diaryl/α,β-unsaturated/α-hetero) is 2. The fourth-order valence-electron chi connectivity index (χ4n) is 9.98. The van der Waals surface area contributed by atoms with Gasteiger partial charge in [-0.3, -0.25) is 14.4 Å². The average Bonchev–Trinajstić information content (AvgIpc) is 3.29. The number of nitrogens with one attached hydrogen (secondary N) is 1. The molecule has 9 heteroatoms. The first-order chi connectivity index (χ1) is 19.2. The number of ether oxygens (including phenoxy) is 4. The van der Waals surface area contributed by atoms with Crippen molar-refractivity contribution >= 4 is 29.1 Å². The molecular weight excluding hydrogens is 534 g/mol. The molecule has 0 aromatic rings. The van der Waals surface area contributed by atoms with Gasteiger partial charge in [0, 0.05) is 38.5 Å². The van der Waals surface area contributed by atoms with E-state index in [0.717, 1.165) is 18.8 Å². The average molecular weight is 580 g/mol. The second kappa shape index (κ2) is 11.2. The van der Waals surface area contributed by atoms with Crippen molar-refractivity contribution in [2.24, 2.45) is 41.4 Å². The highest BCUT2D eigenvalue weighted by Gasteiger charge is 2.70. The molecule has 1 N–H and O–H groups in total. The van der Waals surface area contributed by atoms with Gasteiger partial charge in [-0.15, -0.1) is 11.6 Å². The van der Waals surface area contributed by atoms with Crippen LogP contribution in [0.4, 0.5) is 0 Å². The zero-order chi connectivity index (χ0) is 28.3. The summed E-state index contributed by atoms with van der Waals surface area (Å²) in [4.78, 5) is 42.1. The first kappa shape index (κ1) is 29.0. The van der Waals surface area contributed by atoms with E-state index in [9.17, 15) is 14.4 Å². The highest BCUT2D eigenvalue weighted by Crippen LogP contribution is 2.55. The lowest BCUT2D eigenvalue weighted by molar-refractivity contribution is -0.178. The van der Waals surface area contributed by atoms with Gasteiger partial charge < -0.3 is 24.3 Å². The first-order valence-corrected chi connectivity index (χ1v) is 16.0. The Morgan fingerprint density at radius 1 is 0.875 bits per heavy atom. The van der Waals surface area contributed by atoms with Crippen LogP contribution in [0.1, 0.15) is 71.1 Å². The number of esters is 1. The van der Waals surface area contributed by atoms with E-state index in [-0.39, 0.29) is 47.4 Å². The summed E-state index contributed by atoms with van der Waals surface area (Å²) in [5, 5.41) is 2.94. The van der Waals surface area contributed by atoms with Gasteiger partial charge in [0.15, 0.2) is 17.2 Å². The molecule has 8 nitrogen and oxygen atoms in total. The van der Waals surface area contributed by atoms with Crippen molar-refractivity contribution in [3.05, 3.63) is 0 Å². The maximum Gasteiger partial charge on any atom is 0.322 e. The van der Waals surface area contributed by atoms with E-state index in [2.05, 4.69) is 5.32 Å². The van der Waals surface area contributed by atoms with E-state index >= 15 is 0 Å². The second-order valence-corrected chi connectivity index (χ2v) is 14.1. The van der Waals surface area contributed by atoms with Gasteiger partial charge in [0.2, 0.25) is 0 Å². The van der Waals surface area contributed by atoms with Crippen LogP contribution in [0.5, 0.6) is 0 Å². The van der Waals surface area contributed by atoms with Crippen molar-refractivity contribution in [2.75, 3.05) is 21.3 Å². The zero-order valence-electron chi connectivity index (χ0n) is 24.3. The van der Waals surface area contributed by atoms with Crippen LogP contribution in [0.25, 0.3) is 0 Å². The van der Waals surface area contributed by atoms with Gasteiger partial charge in [0.25, 0.3) is 0 Å². The molecule has 40 heavy (non-hydrogen) atoms. The third-order valence-corrected chi connectivity index (χ3v) is 12.5. The minimum absolute atomic E-state index is 0.00544. The molecule has 12 unspecified atom stereocenters. The summed E-state index contributed by atoms with van der Waals surface area (Å²) in [7, 11) is 4.63. The monoisotopic (exact) mass is 579 g/mol. The minimum atomic E-state index is -1.54. The Morgan fingerprint density at radius 2 is 1.55 bits per heavy atom. The van der Waals surface area contributed by atoms with Crippen LogP contribution in [0, 0.1) is 41.4 Å². The Balaban J connectivity index is 1.34. The summed E-state index contributed by atoms with van der Waals surface area (Å²) in [5.41, 5.74) is -1.54. The lowest BCUT2D eigenvalue weighted by Gasteiger charge is -2.53. The molecule has 6 aliphatic rings. The Morgan fingerprint density at radius 3 is 2.25 bits per heavy atom. The molecule has 2 heterocycles. The van der Waals surface area contributed by atoms with Crippen molar-refractivity contribution in [3.63, 3.8) is 0 Å². The molecule has 0 aromatic heterocycles. The van der Waals surface area contributed by atoms with Crippen molar-refractivity contribution in [2.45, 2.75) is 113 Å². The third kappa shape index (κ3) is 4.42. The summed E-state index contributed by atoms with van der Waals surface area (Å²) in [6.45, 7) is 1.94. The Kier molecular flexibility index (Phi) is 8.14. The number of carbonyl (C=O) groups is 3. The summed E-state index contributed by atoms with van der Waals surface area (Å²) in [6, 6.07) is -0.638. The van der Waals surface area contributed by atoms with Crippen LogP contribution >= 0.6 is 11.6 Å². The van der Waals surface area contributed by atoms with Gasteiger partial charge in [-0.05, 0) is 55.8 Å². The molecule has 0 radical (unpaired) electrons. The van der Waals surface area contributed by atoms with Gasteiger partial charge >= 0.3 is 5.97 Å². The number of ketones is 2. The Bertz CT molecular complexity index is 1010. The third-order valence-electron chi connectivity index (χ3n) is 11.9. The molecular formula is C31H46ClNO7. The topological polar surface area (TPSA) is 100 Å². The van der Waals surface area contributed by atoms with Crippen molar-refractivity contribution in [1.29, 1.82) is 0 Å². The molecule has 2 saturated heterocycles. The fourth-order valence-corrected chi connectivity index (χ4v) is 10.4. The number of carbonyl (C=O) groups excluding carboxylic acids is 3. The van der Waals surface area contributed by atoms with Crippen LogP contribution < -0.4 is 5.32 Å². The molecule has 14 atom stereocenters. The maximum absolute atomic E-state index is 14.9. The number of fused-ring (bicyclic) bond motifs is 3. The van der Waals surface area contributed by atoms with Crippen LogP contribution in [0.15, 0.2) is 0 Å². The molecule has 6 rings (SSSR count). The Hall–Kier alpha value is -1.06. The fraction of sp³-hybridized carbons (Fsp3) is 0.903. The van der Waals surface area contributed by atoms with Gasteiger partial charge in [-0.25, -0.2) is 0 Å². The predicted molar refractivity (Wildman–Crippen MR) is 148 cm³/mol. The number of rotatable bonds is 4. The maximum atomic E-state index is 14.9. The van der Waals surface area contributed by atoms with Crippen molar-refractivity contribution < 1.29 is 33.3 Å². The normalized spacial score (nSPS) is 50.7. The van der Waals surface area contributed by atoms with E-state index < -0.39 is 35.1 Å². The van der Waals surface area contributed by atoms with Crippen LogP contribution in [0.3, 0.4) is 0 Å². The quantitative estimate of drug-likeness (QED) is 0.306. The molecule has 224 valence electrons. The lowest BCUT2D eigenvalue weighted by Crippen LogP contribution is -2.68. The largest absolute Gasteiger partial charge is 0.468 e. The van der Waals surface area contributed by atoms with Crippen molar-refractivity contribution in [3.8, 4) is 0 Å². The smallest absolute Gasteiger partial charge is 0.322 e. The van der Waals surface area contributed by atoms with Crippen LogP contribution in [-0.2, 0) is 33.3 Å². The molecule has 1 spiro atoms. The summed E-state index contributed by atoms with van der Waals surface area (Å²) < 4.78 is 23.2. The van der Waals surface area contributed by atoms with E-state index in [4.69, 9.17) is 30.5 Å². The lowest BCUT2D eigenvalue weighted by atomic mass is 9.55. The van der Waals surface area contributed by atoms with E-state index in [0.29, 0.717) is 31.1 Å². The van der Waals surface area contributed by atoms with Crippen molar-refractivity contribution in [1.82, 2.24) is 5.32 Å². The summed E-state index contributed by atoms with van der Waals surface area (Å²) in [6.07, 6.45) is 8.77. The van der Waals surface area contributed by atoms with E-state index in [1.807, 2.05) is 6.92 Å². The second-order valence-electron chi connectivity index (χ2n) is 13.6. The predicted octanol–water partition coefficient (Wildman–Crippen LogP) is 3.70. The number of hydrogen-bond donors (Lipinski definition) is 1. The molecule has 4 saturated carbocycles. The number of methoxy groups -OCH3 is 3. The molecule has 4 aliphatic carbocycles. The van der Waals surface area contributed by atoms with Crippen LogP contribution in [0.2, 0.25) is 0 Å². The highest BCUT2D eigenvalue weighted by atomic mass is 35.5. The zero-order valence-corrected chi connectivity index (χ0v) is 25.1. The van der Waals surface area contributed by atoms with E-state index in [1.165, 1.54) is 39.2 Å². The molecule has 2 aliphatic heterocycles. The van der Waals surface area contributed by atoms with Gasteiger partial charge in [0.1, 0.15) is 6.04 Å². The number of hydrogen-bond acceptors (Lipinski definition) is 8. The SMILES string of the molecule is COC(=O)C1CC(C2CCC3CCCCC3C2)C2C(=O)[C@@]3(OC4C(Cl)C(OC)CC(OC)C4C3=O)[C@H](C)CC2N1. The van der Waals surface area contributed by atoms with Gasteiger partial charge in [0.05, 0.1) is 36.7 Å². The van der Waals surface area contributed by atoms with Gasteiger partial charge in [-0.2, -0.15) is 0 Å². The summed E-state index contributed by atoms with van der Waals surface area (Å²) >= 11 is 6.86. The van der Waals surface area contributed by atoms with Crippen LogP contribution in [-0.4, -0.2) is 80.2 Å².